The van der Waals surface area contributed by atoms with Crippen molar-refractivity contribution in [2.24, 2.45) is 5.92 Å². The smallest absolute Gasteiger partial charge is 0.0846 e. The molecule has 0 amide bonds. The third-order valence-electron chi connectivity index (χ3n) is 3.74. The van der Waals surface area contributed by atoms with Gasteiger partial charge in [-0.3, -0.25) is 0 Å². The first kappa shape index (κ1) is 13.9. The lowest BCUT2D eigenvalue weighted by atomic mass is 9.80. The second-order valence-corrected chi connectivity index (χ2v) is 6.71. The first-order valence-corrected chi connectivity index (χ1v) is 6.73. The minimum atomic E-state index is -0.515. The van der Waals surface area contributed by atoms with Crippen LogP contribution in [0.15, 0.2) is 24.3 Å². The molecular weight excluding hydrogens is 248 g/mol. The first-order valence-electron chi connectivity index (χ1n) is 6.35. The second kappa shape index (κ2) is 4.52. The van der Waals surface area contributed by atoms with Crippen molar-refractivity contribution in [2.45, 2.75) is 51.4 Å². The Bertz CT molecular complexity index is 423. The summed E-state index contributed by atoms with van der Waals surface area (Å²) < 4.78 is 6.03. The average molecular weight is 269 g/mol. The van der Waals surface area contributed by atoms with E-state index in [4.69, 9.17) is 16.3 Å². The Morgan fingerprint density at radius 3 is 2.22 bits per heavy atom. The third kappa shape index (κ3) is 2.71. The summed E-state index contributed by atoms with van der Waals surface area (Å²) in [6.45, 7) is 8.24. The summed E-state index contributed by atoms with van der Waals surface area (Å²) >= 11 is 5.87. The number of aliphatic hydroxyl groups excluding tert-OH is 1. The Hall–Kier alpha value is -0.570. The van der Waals surface area contributed by atoms with Crippen molar-refractivity contribution in [3.63, 3.8) is 0 Å². The van der Waals surface area contributed by atoms with Gasteiger partial charge in [0.2, 0.25) is 0 Å². The summed E-state index contributed by atoms with van der Waals surface area (Å²) in [6.07, 6.45) is 0.336. The summed E-state index contributed by atoms with van der Waals surface area (Å²) in [4.78, 5) is 0. The van der Waals surface area contributed by atoms with Gasteiger partial charge in [0.1, 0.15) is 0 Å². The minimum absolute atomic E-state index is 0.0914. The van der Waals surface area contributed by atoms with E-state index in [1.165, 1.54) is 0 Å². The second-order valence-electron chi connectivity index (χ2n) is 6.27. The molecular formula is C15H21ClO2. The molecule has 100 valence electrons. The quantitative estimate of drug-likeness (QED) is 0.880. The lowest BCUT2D eigenvalue weighted by Crippen LogP contribution is -2.32. The van der Waals surface area contributed by atoms with E-state index in [1.807, 2.05) is 38.1 Å². The van der Waals surface area contributed by atoms with E-state index in [9.17, 15) is 5.11 Å². The topological polar surface area (TPSA) is 29.5 Å². The number of ether oxygens (including phenoxy) is 1. The Morgan fingerprint density at radius 1 is 1.22 bits per heavy atom. The zero-order valence-corrected chi connectivity index (χ0v) is 12.2. The van der Waals surface area contributed by atoms with E-state index in [1.54, 1.807) is 0 Å². The molecule has 1 N–H and O–H groups in total. The van der Waals surface area contributed by atoms with Gasteiger partial charge in [-0.25, -0.2) is 0 Å². The van der Waals surface area contributed by atoms with Crippen molar-refractivity contribution in [3.05, 3.63) is 34.9 Å². The number of aliphatic hydroxyl groups is 1. The van der Waals surface area contributed by atoms with Gasteiger partial charge in [-0.05, 0) is 51.8 Å². The summed E-state index contributed by atoms with van der Waals surface area (Å²) in [5.41, 5.74) is 0.406. The van der Waals surface area contributed by atoms with Crippen LogP contribution in [0.1, 0.15) is 45.8 Å². The standard InChI is InChI=1S/C15H21ClO2/c1-14(2)9-12(15(3,4)18-14)13(17)10-5-7-11(16)8-6-10/h5-8,12-13,17H,9H2,1-4H3. The fraction of sp³-hybridized carbons (Fsp3) is 0.600. The van der Waals surface area contributed by atoms with E-state index in [0.717, 1.165) is 12.0 Å². The van der Waals surface area contributed by atoms with Gasteiger partial charge in [-0.1, -0.05) is 23.7 Å². The summed E-state index contributed by atoms with van der Waals surface area (Å²) in [6, 6.07) is 7.39. The van der Waals surface area contributed by atoms with Gasteiger partial charge in [-0.15, -0.1) is 0 Å². The summed E-state index contributed by atoms with van der Waals surface area (Å²) in [7, 11) is 0. The molecule has 0 saturated carbocycles. The Morgan fingerprint density at radius 2 is 1.78 bits per heavy atom. The fourth-order valence-corrected chi connectivity index (χ4v) is 3.11. The van der Waals surface area contributed by atoms with Gasteiger partial charge in [0.05, 0.1) is 17.3 Å². The average Bonchev–Trinajstić information content (AvgIpc) is 2.47. The number of rotatable bonds is 2. The predicted molar refractivity (Wildman–Crippen MR) is 73.8 cm³/mol. The maximum Gasteiger partial charge on any atom is 0.0846 e. The lowest BCUT2D eigenvalue weighted by Gasteiger charge is -2.30. The van der Waals surface area contributed by atoms with E-state index >= 15 is 0 Å². The molecule has 1 aromatic carbocycles. The van der Waals surface area contributed by atoms with Gasteiger partial charge >= 0.3 is 0 Å². The highest BCUT2D eigenvalue weighted by Gasteiger charge is 2.49. The first-order chi connectivity index (χ1) is 8.21. The molecule has 2 nitrogen and oxygen atoms in total. The SMILES string of the molecule is CC1(C)CC(C(O)c2ccc(Cl)cc2)C(C)(C)O1. The maximum atomic E-state index is 10.6. The van der Waals surface area contributed by atoms with Gasteiger partial charge in [-0.2, -0.15) is 0 Å². The van der Waals surface area contributed by atoms with Crippen LogP contribution in [-0.2, 0) is 4.74 Å². The summed E-state index contributed by atoms with van der Waals surface area (Å²) in [5, 5.41) is 11.2. The van der Waals surface area contributed by atoms with Crippen LogP contribution in [0.5, 0.6) is 0 Å². The van der Waals surface area contributed by atoms with Crippen molar-refractivity contribution in [2.75, 3.05) is 0 Å². The Kier molecular flexibility index (Phi) is 3.48. The Labute approximate surface area is 114 Å². The lowest BCUT2D eigenvalue weighted by molar-refractivity contribution is -0.0880. The molecule has 1 aliphatic rings. The molecule has 1 fully saturated rings. The van der Waals surface area contributed by atoms with Gasteiger partial charge in [0.15, 0.2) is 0 Å². The largest absolute Gasteiger partial charge is 0.388 e. The molecule has 18 heavy (non-hydrogen) atoms. The van der Waals surface area contributed by atoms with Crippen molar-refractivity contribution in [3.8, 4) is 0 Å². The van der Waals surface area contributed by atoms with Crippen LogP contribution in [0.25, 0.3) is 0 Å². The zero-order valence-electron chi connectivity index (χ0n) is 11.4. The molecule has 0 spiro atoms. The molecule has 2 rings (SSSR count). The van der Waals surface area contributed by atoms with E-state index < -0.39 is 6.10 Å². The van der Waals surface area contributed by atoms with Crippen LogP contribution in [0.3, 0.4) is 0 Å². The van der Waals surface area contributed by atoms with Gasteiger partial charge < -0.3 is 9.84 Å². The molecule has 0 radical (unpaired) electrons. The molecule has 1 aliphatic heterocycles. The van der Waals surface area contributed by atoms with Crippen LogP contribution < -0.4 is 0 Å². The minimum Gasteiger partial charge on any atom is -0.388 e. The van der Waals surface area contributed by atoms with Crippen LogP contribution in [0.2, 0.25) is 5.02 Å². The number of hydrogen-bond donors (Lipinski definition) is 1. The van der Waals surface area contributed by atoms with E-state index in [0.29, 0.717) is 5.02 Å². The van der Waals surface area contributed by atoms with Gasteiger partial charge in [0, 0.05) is 10.9 Å². The highest BCUT2D eigenvalue weighted by Crippen LogP contribution is 2.47. The zero-order chi connectivity index (χ0) is 13.6. The normalized spacial score (nSPS) is 27.1. The molecule has 2 unspecified atom stereocenters. The highest BCUT2D eigenvalue weighted by molar-refractivity contribution is 6.30. The maximum absolute atomic E-state index is 10.6. The number of halogens is 1. The molecule has 0 aliphatic carbocycles. The van der Waals surface area contributed by atoms with Crippen LogP contribution in [0.4, 0.5) is 0 Å². The fourth-order valence-electron chi connectivity index (χ4n) is 2.99. The van der Waals surface area contributed by atoms with Crippen LogP contribution in [0, 0.1) is 5.92 Å². The van der Waals surface area contributed by atoms with Crippen LogP contribution >= 0.6 is 11.6 Å². The molecule has 0 aromatic heterocycles. The van der Waals surface area contributed by atoms with Gasteiger partial charge in [0.25, 0.3) is 0 Å². The monoisotopic (exact) mass is 268 g/mol. The number of benzene rings is 1. The number of hydrogen-bond acceptors (Lipinski definition) is 2. The van der Waals surface area contributed by atoms with Crippen molar-refractivity contribution >= 4 is 11.6 Å². The van der Waals surface area contributed by atoms with Crippen molar-refractivity contribution in [1.82, 2.24) is 0 Å². The molecule has 2 atom stereocenters. The third-order valence-corrected chi connectivity index (χ3v) is 3.99. The van der Waals surface area contributed by atoms with E-state index in [2.05, 4.69) is 13.8 Å². The Balaban J connectivity index is 2.23. The predicted octanol–water partition coefficient (Wildman–Crippen LogP) is 3.97. The molecule has 0 bridgehead atoms. The van der Waals surface area contributed by atoms with E-state index in [-0.39, 0.29) is 17.1 Å². The van der Waals surface area contributed by atoms with Crippen LogP contribution in [-0.4, -0.2) is 16.3 Å². The molecule has 3 heteroatoms. The van der Waals surface area contributed by atoms with Crippen molar-refractivity contribution < 1.29 is 9.84 Å². The highest BCUT2D eigenvalue weighted by atomic mass is 35.5. The molecule has 1 saturated heterocycles. The molecule has 1 heterocycles. The van der Waals surface area contributed by atoms with Crippen molar-refractivity contribution in [1.29, 1.82) is 0 Å². The molecule has 1 aromatic rings. The summed E-state index contributed by atoms with van der Waals surface area (Å²) in [5.74, 6) is 0.0914.